The Balaban J connectivity index is 1.40. The highest BCUT2D eigenvalue weighted by molar-refractivity contribution is 5.96. The molecule has 43 heavy (non-hydrogen) atoms. The Bertz CT molecular complexity index is 1510. The minimum Gasteiger partial charge on any atom is -0.345 e. The summed E-state index contributed by atoms with van der Waals surface area (Å²) < 4.78 is 3.49. The van der Waals surface area contributed by atoms with Crippen LogP contribution in [0.1, 0.15) is 79.6 Å². The normalized spacial score (nSPS) is 19.9. The van der Waals surface area contributed by atoms with Gasteiger partial charge in [-0.1, -0.05) is 30.3 Å². The molecule has 0 radical (unpaired) electrons. The molecule has 228 valence electrons. The number of carbonyl (C=O) groups excluding carboxylic acids is 4. The highest BCUT2D eigenvalue weighted by Crippen LogP contribution is 2.23. The van der Waals surface area contributed by atoms with Crippen LogP contribution in [0.25, 0.3) is 11.4 Å². The Kier molecular flexibility index (Phi) is 9.02. The monoisotopic (exact) mass is 588 g/mol. The van der Waals surface area contributed by atoms with Crippen molar-refractivity contribution >= 4 is 23.5 Å². The molecule has 1 N–H and O–H groups in total. The van der Waals surface area contributed by atoms with Gasteiger partial charge in [0.05, 0.1) is 23.8 Å². The van der Waals surface area contributed by atoms with Crippen LogP contribution in [-0.2, 0) is 27.5 Å². The van der Waals surface area contributed by atoms with Gasteiger partial charge in [-0.15, -0.1) is 0 Å². The summed E-state index contributed by atoms with van der Waals surface area (Å²) in [6, 6.07) is 8.67. The summed E-state index contributed by atoms with van der Waals surface area (Å²) in [6.45, 7) is 9.06. The van der Waals surface area contributed by atoms with Crippen molar-refractivity contribution in [2.75, 3.05) is 19.6 Å². The molecule has 0 unspecified atom stereocenters. The van der Waals surface area contributed by atoms with Crippen LogP contribution in [0.4, 0.5) is 0 Å². The molecule has 0 spiro atoms. The van der Waals surface area contributed by atoms with Gasteiger partial charge in [-0.2, -0.15) is 10.2 Å². The Morgan fingerprint density at radius 3 is 2.49 bits per heavy atom. The lowest BCUT2D eigenvalue weighted by atomic mass is 10.1. The van der Waals surface area contributed by atoms with Crippen molar-refractivity contribution in [2.45, 2.75) is 85.0 Å². The molecule has 3 aromatic rings. The van der Waals surface area contributed by atoms with Gasteiger partial charge in [0.15, 0.2) is 11.6 Å². The van der Waals surface area contributed by atoms with Crippen LogP contribution in [-0.4, -0.2) is 83.5 Å². The van der Waals surface area contributed by atoms with Crippen molar-refractivity contribution in [2.24, 2.45) is 0 Å². The van der Waals surface area contributed by atoms with Crippen LogP contribution in [0.2, 0.25) is 0 Å². The van der Waals surface area contributed by atoms with Gasteiger partial charge in [0.2, 0.25) is 17.7 Å². The van der Waals surface area contributed by atoms with Crippen molar-refractivity contribution in [1.29, 1.82) is 0 Å². The smallest absolute Gasteiger partial charge is 0.243 e. The largest absolute Gasteiger partial charge is 0.345 e. The topological polar surface area (TPSA) is 135 Å². The third kappa shape index (κ3) is 6.52. The lowest BCUT2D eigenvalue weighted by molar-refractivity contribution is -0.139. The van der Waals surface area contributed by atoms with Gasteiger partial charge >= 0.3 is 0 Å². The molecule has 4 heterocycles. The molecule has 3 amide bonds. The first-order valence-electron chi connectivity index (χ1n) is 15.1. The number of nitrogens with zero attached hydrogens (tertiary/aromatic N) is 7. The van der Waals surface area contributed by atoms with Crippen LogP contribution in [0.15, 0.2) is 30.3 Å². The van der Waals surface area contributed by atoms with E-state index in [4.69, 9.17) is 10.1 Å². The van der Waals surface area contributed by atoms with Gasteiger partial charge < -0.3 is 15.1 Å². The van der Waals surface area contributed by atoms with E-state index < -0.39 is 12.1 Å². The number of fused-ring (bicyclic) bond motifs is 2. The molecule has 1 fully saturated rings. The summed E-state index contributed by atoms with van der Waals surface area (Å²) in [5.41, 5.74) is 2.86. The molecule has 1 aromatic carbocycles. The van der Waals surface area contributed by atoms with E-state index in [0.717, 1.165) is 17.7 Å². The summed E-state index contributed by atoms with van der Waals surface area (Å²) in [4.78, 5) is 60.3. The van der Waals surface area contributed by atoms with E-state index in [2.05, 4.69) is 10.4 Å². The molecule has 12 heteroatoms. The number of ketones is 1. The molecule has 0 bridgehead atoms. The van der Waals surface area contributed by atoms with Crippen LogP contribution < -0.4 is 5.32 Å². The summed E-state index contributed by atoms with van der Waals surface area (Å²) >= 11 is 0. The maximum absolute atomic E-state index is 13.6. The minimum absolute atomic E-state index is 0.0452. The molecule has 2 aromatic heterocycles. The number of rotatable bonds is 5. The van der Waals surface area contributed by atoms with Gasteiger partial charge in [0, 0.05) is 50.3 Å². The number of amides is 3. The van der Waals surface area contributed by atoms with Crippen molar-refractivity contribution < 1.29 is 19.2 Å². The van der Waals surface area contributed by atoms with Crippen molar-refractivity contribution in [3.63, 3.8) is 0 Å². The zero-order valence-corrected chi connectivity index (χ0v) is 25.4. The fraction of sp³-hybridized carbons (Fsp3) is 0.516. The first-order valence-corrected chi connectivity index (χ1v) is 15.1. The summed E-state index contributed by atoms with van der Waals surface area (Å²) in [7, 11) is 0. The Morgan fingerprint density at radius 1 is 1.00 bits per heavy atom. The van der Waals surface area contributed by atoms with Gasteiger partial charge in [-0.05, 0) is 47.0 Å². The standard InChI is InChI=1S/C31H40N8O4/c1-20-28(23(4)40)22(3)38(34-20)17-14-26(41)36-15-9-13-27(42)37-16-8-12-25(37)31(43)32-21(2)30-33-29(35-39(30)19-18-36)24-10-6-5-7-11-24/h5-7,10-11,21,25H,8-9,12-19H2,1-4H3,(H,32,43)/t21-,25-/m0/s1. The summed E-state index contributed by atoms with van der Waals surface area (Å²) in [5, 5.41) is 12.3. The van der Waals surface area contributed by atoms with Crippen LogP contribution in [0.3, 0.4) is 0 Å². The summed E-state index contributed by atoms with van der Waals surface area (Å²) in [6.07, 6.45) is 2.34. The summed E-state index contributed by atoms with van der Waals surface area (Å²) in [5.74, 6) is 0.774. The molecular weight excluding hydrogens is 548 g/mol. The average molecular weight is 589 g/mol. The maximum Gasteiger partial charge on any atom is 0.243 e. The number of nitrogens with one attached hydrogen (secondary N) is 1. The first-order chi connectivity index (χ1) is 20.6. The molecule has 1 saturated heterocycles. The second-order valence-corrected chi connectivity index (χ2v) is 11.4. The van der Waals surface area contributed by atoms with Gasteiger partial charge in [0.1, 0.15) is 11.9 Å². The van der Waals surface area contributed by atoms with E-state index >= 15 is 0 Å². The molecule has 0 aliphatic carbocycles. The van der Waals surface area contributed by atoms with Crippen LogP contribution in [0.5, 0.6) is 0 Å². The lowest BCUT2D eigenvalue weighted by Crippen LogP contribution is -2.47. The van der Waals surface area contributed by atoms with Crippen LogP contribution in [0, 0.1) is 13.8 Å². The number of Topliss-reactive ketones (excluding diaryl/α,β-unsaturated/α-hetero) is 1. The zero-order valence-electron chi connectivity index (χ0n) is 25.4. The fourth-order valence-electron chi connectivity index (χ4n) is 6.19. The van der Waals surface area contributed by atoms with E-state index in [1.165, 1.54) is 6.92 Å². The predicted octanol–water partition coefficient (Wildman–Crippen LogP) is 2.84. The second kappa shape index (κ2) is 12.9. The maximum atomic E-state index is 13.6. The second-order valence-electron chi connectivity index (χ2n) is 11.4. The molecule has 2 aliphatic rings. The fourth-order valence-corrected chi connectivity index (χ4v) is 6.19. The SMILES string of the molecule is CC(=O)c1c(C)nn(CCC(=O)N2CCCC(=O)N3CCC[C@H]3C(=O)N[C@@H](C)c3nc(-c4ccccc4)nn3CC2)c1C. The number of benzene rings is 1. The molecule has 2 aliphatic heterocycles. The molecule has 12 nitrogen and oxygen atoms in total. The number of aryl methyl sites for hydroxylation is 2. The van der Waals surface area contributed by atoms with Crippen molar-refractivity contribution in [1.82, 2.24) is 39.7 Å². The average Bonchev–Trinajstić information content (AvgIpc) is 3.71. The van der Waals surface area contributed by atoms with E-state index in [9.17, 15) is 19.2 Å². The van der Waals surface area contributed by atoms with Crippen molar-refractivity contribution in [3.05, 3.63) is 53.1 Å². The quantitative estimate of drug-likeness (QED) is 0.453. The highest BCUT2D eigenvalue weighted by atomic mass is 16.2. The highest BCUT2D eigenvalue weighted by Gasteiger charge is 2.35. The third-order valence-electron chi connectivity index (χ3n) is 8.38. The van der Waals surface area contributed by atoms with E-state index in [1.807, 2.05) is 44.2 Å². The number of hydrogen-bond donors (Lipinski definition) is 1. The lowest BCUT2D eigenvalue weighted by Gasteiger charge is -2.28. The predicted molar refractivity (Wildman–Crippen MR) is 159 cm³/mol. The number of hydrogen-bond acceptors (Lipinski definition) is 7. The Hall–Kier alpha value is -4.35. The Morgan fingerprint density at radius 2 is 1.77 bits per heavy atom. The molecule has 0 saturated carbocycles. The third-order valence-corrected chi connectivity index (χ3v) is 8.38. The zero-order chi connectivity index (χ0) is 30.7. The van der Waals surface area contributed by atoms with Gasteiger partial charge in [0.25, 0.3) is 0 Å². The number of aromatic nitrogens is 5. The Labute approximate surface area is 251 Å². The number of carbonyl (C=O) groups is 4. The molecule has 5 rings (SSSR count). The van der Waals surface area contributed by atoms with Gasteiger partial charge in [-0.25, -0.2) is 9.67 Å². The van der Waals surface area contributed by atoms with E-state index in [0.29, 0.717) is 68.5 Å². The molecule has 2 atom stereocenters. The first kappa shape index (κ1) is 30.1. The van der Waals surface area contributed by atoms with Crippen LogP contribution >= 0.6 is 0 Å². The van der Waals surface area contributed by atoms with Gasteiger partial charge in [-0.3, -0.25) is 23.9 Å². The minimum atomic E-state index is -0.513. The molecular formula is C31H40N8O4. The van der Waals surface area contributed by atoms with Crippen molar-refractivity contribution in [3.8, 4) is 11.4 Å². The van der Waals surface area contributed by atoms with E-state index in [1.54, 1.807) is 26.1 Å². The van der Waals surface area contributed by atoms with E-state index in [-0.39, 0.29) is 36.3 Å².